The van der Waals surface area contributed by atoms with E-state index in [0.29, 0.717) is 31.0 Å². The molecule has 8 heteroatoms. The highest BCUT2D eigenvalue weighted by Gasteiger charge is 2.27. The molecule has 2 heterocycles. The maximum atomic E-state index is 12.4. The van der Waals surface area contributed by atoms with Crippen LogP contribution in [0.3, 0.4) is 0 Å². The van der Waals surface area contributed by atoms with Gasteiger partial charge in [0.2, 0.25) is 0 Å². The van der Waals surface area contributed by atoms with Gasteiger partial charge in [0.25, 0.3) is 11.8 Å². The number of nitrogen functional groups attached to an aromatic ring is 1. The number of hydrogen-bond donors (Lipinski definition) is 3. The minimum atomic E-state index is -0.618. The second kappa shape index (κ2) is 8.61. The van der Waals surface area contributed by atoms with E-state index >= 15 is 0 Å². The van der Waals surface area contributed by atoms with Crippen molar-refractivity contribution in [2.45, 2.75) is 25.9 Å². The third-order valence-electron chi connectivity index (χ3n) is 5.52. The summed E-state index contributed by atoms with van der Waals surface area (Å²) >= 11 is 0. The summed E-state index contributed by atoms with van der Waals surface area (Å²) in [5.74, 6) is -0.483. The Kier molecular flexibility index (Phi) is 5.73. The number of nitrogens with two attached hydrogens (primary N) is 2. The van der Waals surface area contributed by atoms with E-state index in [1.54, 1.807) is 10.7 Å². The predicted molar refractivity (Wildman–Crippen MR) is 117 cm³/mol. The van der Waals surface area contributed by atoms with E-state index in [0.717, 1.165) is 23.1 Å². The number of nitrogens with one attached hydrogen (secondary N) is 1. The first-order chi connectivity index (χ1) is 15.0. The molecule has 0 spiro atoms. The molecule has 8 nitrogen and oxygen atoms in total. The standard InChI is InChI=1S/C23H25N5O3/c1-14-4-2-3-5-18(14)23(30)26-12-15-6-8-16(9-7-15)20-19(22(25)29)21(24)28(27-20)17-10-11-31-13-17/h2-9,17H,10-13,24H2,1H3,(H2,25,29)(H,26,30). The molecule has 160 valence electrons. The SMILES string of the molecule is Cc1ccccc1C(=O)NCc1ccc(-c2nn(C3CCOC3)c(N)c2C(N)=O)cc1. The van der Waals surface area contributed by atoms with Crippen LogP contribution >= 0.6 is 0 Å². The number of primary amides is 1. The Morgan fingerprint density at radius 2 is 1.94 bits per heavy atom. The quantitative estimate of drug-likeness (QED) is 0.566. The van der Waals surface area contributed by atoms with Crippen LogP contribution in [0.5, 0.6) is 0 Å². The zero-order chi connectivity index (χ0) is 22.0. The van der Waals surface area contributed by atoms with Gasteiger partial charge >= 0.3 is 0 Å². The average molecular weight is 419 g/mol. The largest absolute Gasteiger partial charge is 0.383 e. The number of ether oxygens (including phenoxy) is 1. The average Bonchev–Trinajstić information content (AvgIpc) is 3.40. The highest BCUT2D eigenvalue weighted by atomic mass is 16.5. The number of amides is 2. The minimum absolute atomic E-state index is 0.0113. The summed E-state index contributed by atoms with van der Waals surface area (Å²) in [4.78, 5) is 24.5. The Labute approximate surface area is 180 Å². The molecule has 0 bridgehead atoms. The Bertz CT molecular complexity index is 1110. The number of carbonyl (C=O) groups is 2. The molecule has 5 N–H and O–H groups in total. The first-order valence-electron chi connectivity index (χ1n) is 10.1. The molecular formula is C23H25N5O3. The van der Waals surface area contributed by atoms with Gasteiger partial charge in [-0.1, -0.05) is 42.5 Å². The number of anilines is 1. The van der Waals surface area contributed by atoms with E-state index in [1.807, 2.05) is 49.4 Å². The summed E-state index contributed by atoms with van der Waals surface area (Å²) in [6.45, 7) is 3.42. The van der Waals surface area contributed by atoms with Crippen molar-refractivity contribution >= 4 is 17.6 Å². The minimum Gasteiger partial charge on any atom is -0.383 e. The van der Waals surface area contributed by atoms with Gasteiger partial charge in [0.15, 0.2) is 0 Å². The van der Waals surface area contributed by atoms with Gasteiger partial charge in [-0.15, -0.1) is 0 Å². The van der Waals surface area contributed by atoms with Gasteiger partial charge < -0.3 is 21.5 Å². The number of nitrogens with zero attached hydrogens (tertiary/aromatic N) is 2. The maximum Gasteiger partial charge on any atom is 0.254 e. The van der Waals surface area contributed by atoms with Crippen LogP contribution < -0.4 is 16.8 Å². The number of benzene rings is 2. The summed E-state index contributed by atoms with van der Waals surface area (Å²) in [5.41, 5.74) is 15.7. The molecule has 1 unspecified atom stereocenters. The van der Waals surface area contributed by atoms with Crippen molar-refractivity contribution in [2.24, 2.45) is 5.73 Å². The van der Waals surface area contributed by atoms with Gasteiger partial charge in [-0.3, -0.25) is 9.59 Å². The van der Waals surface area contributed by atoms with Crippen LogP contribution in [0, 0.1) is 6.92 Å². The summed E-state index contributed by atoms with van der Waals surface area (Å²) in [6, 6.07) is 14.9. The van der Waals surface area contributed by atoms with E-state index in [2.05, 4.69) is 10.4 Å². The first kappa shape index (κ1) is 20.6. The van der Waals surface area contributed by atoms with Gasteiger partial charge in [0, 0.05) is 24.3 Å². The molecule has 1 saturated heterocycles. The fourth-order valence-electron chi connectivity index (χ4n) is 3.77. The molecule has 1 atom stereocenters. The van der Waals surface area contributed by atoms with Crippen molar-refractivity contribution in [2.75, 3.05) is 18.9 Å². The summed E-state index contributed by atoms with van der Waals surface area (Å²) in [6.07, 6.45) is 0.781. The molecule has 2 aromatic carbocycles. The van der Waals surface area contributed by atoms with Gasteiger partial charge in [-0.05, 0) is 30.5 Å². The predicted octanol–water partition coefficient (Wildman–Crippen LogP) is 2.43. The lowest BCUT2D eigenvalue weighted by molar-refractivity contribution is 0.0949. The van der Waals surface area contributed by atoms with Crippen LogP contribution in [-0.2, 0) is 11.3 Å². The zero-order valence-electron chi connectivity index (χ0n) is 17.3. The van der Waals surface area contributed by atoms with Crippen molar-refractivity contribution in [3.8, 4) is 11.3 Å². The van der Waals surface area contributed by atoms with Crippen LogP contribution in [0.2, 0.25) is 0 Å². The topological polar surface area (TPSA) is 125 Å². The molecular weight excluding hydrogens is 394 g/mol. The number of carbonyl (C=O) groups excluding carboxylic acids is 2. The van der Waals surface area contributed by atoms with Crippen molar-refractivity contribution in [3.63, 3.8) is 0 Å². The summed E-state index contributed by atoms with van der Waals surface area (Å²) in [7, 11) is 0. The second-order valence-corrected chi connectivity index (χ2v) is 7.63. The first-order valence-corrected chi connectivity index (χ1v) is 10.1. The summed E-state index contributed by atoms with van der Waals surface area (Å²) in [5, 5.41) is 7.51. The van der Waals surface area contributed by atoms with E-state index in [4.69, 9.17) is 16.2 Å². The zero-order valence-corrected chi connectivity index (χ0v) is 17.3. The molecule has 4 rings (SSSR count). The highest BCUT2D eigenvalue weighted by molar-refractivity contribution is 6.03. The fourth-order valence-corrected chi connectivity index (χ4v) is 3.77. The smallest absolute Gasteiger partial charge is 0.254 e. The van der Waals surface area contributed by atoms with Crippen LogP contribution in [0.4, 0.5) is 5.82 Å². The highest BCUT2D eigenvalue weighted by Crippen LogP contribution is 2.31. The number of hydrogen-bond acceptors (Lipinski definition) is 5. The molecule has 1 aromatic heterocycles. The van der Waals surface area contributed by atoms with Gasteiger partial charge in [0.1, 0.15) is 17.1 Å². The van der Waals surface area contributed by atoms with Gasteiger partial charge in [0.05, 0.1) is 12.6 Å². The van der Waals surface area contributed by atoms with E-state index < -0.39 is 5.91 Å². The maximum absolute atomic E-state index is 12.4. The monoisotopic (exact) mass is 419 g/mol. The molecule has 31 heavy (non-hydrogen) atoms. The molecule has 0 radical (unpaired) electrons. The van der Waals surface area contributed by atoms with Crippen LogP contribution in [0.1, 0.15) is 44.3 Å². The van der Waals surface area contributed by atoms with Crippen LogP contribution in [-0.4, -0.2) is 34.8 Å². The summed E-state index contributed by atoms with van der Waals surface area (Å²) < 4.78 is 7.05. The van der Waals surface area contributed by atoms with Crippen molar-refractivity contribution in [1.82, 2.24) is 15.1 Å². The van der Waals surface area contributed by atoms with E-state index in [9.17, 15) is 9.59 Å². The van der Waals surface area contributed by atoms with Crippen molar-refractivity contribution in [3.05, 3.63) is 70.8 Å². The van der Waals surface area contributed by atoms with E-state index in [-0.39, 0.29) is 23.3 Å². The number of rotatable bonds is 6. The van der Waals surface area contributed by atoms with E-state index in [1.165, 1.54) is 0 Å². The third kappa shape index (κ3) is 4.15. The van der Waals surface area contributed by atoms with Crippen molar-refractivity contribution < 1.29 is 14.3 Å². The Morgan fingerprint density at radius 3 is 2.58 bits per heavy atom. The molecule has 2 amide bonds. The van der Waals surface area contributed by atoms with Crippen LogP contribution in [0.25, 0.3) is 11.3 Å². The lowest BCUT2D eigenvalue weighted by Crippen LogP contribution is -2.23. The Hall–Kier alpha value is -3.65. The molecule has 1 aliphatic heterocycles. The lowest BCUT2D eigenvalue weighted by atomic mass is 10.0. The normalized spacial score (nSPS) is 15.7. The molecule has 1 fully saturated rings. The van der Waals surface area contributed by atoms with Crippen molar-refractivity contribution in [1.29, 1.82) is 0 Å². The molecule has 1 aliphatic rings. The third-order valence-corrected chi connectivity index (χ3v) is 5.52. The van der Waals surface area contributed by atoms with Gasteiger partial charge in [-0.2, -0.15) is 5.10 Å². The molecule has 0 saturated carbocycles. The Balaban J connectivity index is 1.53. The Morgan fingerprint density at radius 1 is 1.19 bits per heavy atom. The van der Waals surface area contributed by atoms with Gasteiger partial charge in [-0.25, -0.2) is 4.68 Å². The van der Waals surface area contributed by atoms with Crippen LogP contribution in [0.15, 0.2) is 48.5 Å². The number of aryl methyl sites for hydroxylation is 1. The second-order valence-electron chi connectivity index (χ2n) is 7.63. The number of aromatic nitrogens is 2. The lowest BCUT2D eigenvalue weighted by Gasteiger charge is -2.10. The fraction of sp³-hybridized carbons (Fsp3) is 0.261. The molecule has 0 aliphatic carbocycles. The molecule has 3 aromatic rings.